The van der Waals surface area contributed by atoms with E-state index in [0.29, 0.717) is 5.92 Å². The third kappa shape index (κ3) is 4.61. The predicted octanol–water partition coefficient (Wildman–Crippen LogP) is 2.73. The molecule has 2 unspecified atom stereocenters. The van der Waals surface area contributed by atoms with Crippen molar-refractivity contribution in [2.75, 3.05) is 13.7 Å². The van der Waals surface area contributed by atoms with Crippen molar-refractivity contribution in [3.63, 3.8) is 0 Å². The third-order valence-corrected chi connectivity index (χ3v) is 3.81. The summed E-state index contributed by atoms with van der Waals surface area (Å²) in [5.41, 5.74) is 1.17. The Morgan fingerprint density at radius 3 is 2.71 bits per heavy atom. The summed E-state index contributed by atoms with van der Waals surface area (Å²) in [4.78, 5) is 0. The van der Waals surface area contributed by atoms with Gasteiger partial charge in [-0.05, 0) is 49.4 Å². The Kier molecular flexibility index (Phi) is 5.88. The molecule has 21 heavy (non-hydrogen) atoms. The smallest absolute Gasteiger partial charge is 0.162 e. The van der Waals surface area contributed by atoms with Gasteiger partial charge in [0.05, 0.1) is 13.2 Å². The fraction of sp³-hybridized carbons (Fsp3) is 0.647. The topological polar surface area (TPSA) is 50.7 Å². The second-order valence-electron chi connectivity index (χ2n) is 6.16. The number of rotatable bonds is 7. The van der Waals surface area contributed by atoms with Crippen LogP contribution in [0, 0.1) is 5.92 Å². The first-order valence-corrected chi connectivity index (χ1v) is 7.82. The van der Waals surface area contributed by atoms with Crippen molar-refractivity contribution in [2.24, 2.45) is 5.92 Å². The molecule has 1 aliphatic rings. The Morgan fingerprint density at radius 2 is 2.10 bits per heavy atom. The second kappa shape index (κ2) is 7.66. The van der Waals surface area contributed by atoms with E-state index in [4.69, 9.17) is 9.47 Å². The standard InChI is InChI=1S/C17H27NO3/c1-12(2)10-18-11-13-7-8-16(20-3)17(9-13)21-15-6-4-5-14(15)19/h7-9,12,14-15,18-19H,4-6,10-11H2,1-3H3. The Balaban J connectivity index is 2.03. The Bertz CT molecular complexity index is 448. The van der Waals surface area contributed by atoms with E-state index in [-0.39, 0.29) is 12.2 Å². The fourth-order valence-corrected chi connectivity index (χ4v) is 2.64. The summed E-state index contributed by atoms with van der Waals surface area (Å²) in [6, 6.07) is 5.99. The molecule has 0 saturated heterocycles. The summed E-state index contributed by atoms with van der Waals surface area (Å²) in [7, 11) is 1.64. The lowest BCUT2D eigenvalue weighted by Gasteiger charge is -2.19. The Hall–Kier alpha value is -1.26. The quantitative estimate of drug-likeness (QED) is 0.811. The molecule has 0 amide bonds. The van der Waals surface area contributed by atoms with Gasteiger partial charge in [0.2, 0.25) is 0 Å². The van der Waals surface area contributed by atoms with E-state index in [2.05, 4.69) is 19.2 Å². The monoisotopic (exact) mass is 293 g/mol. The highest BCUT2D eigenvalue weighted by molar-refractivity contribution is 5.43. The first-order chi connectivity index (χ1) is 10.1. The van der Waals surface area contributed by atoms with Gasteiger partial charge in [0.1, 0.15) is 6.10 Å². The number of hydrogen-bond donors (Lipinski definition) is 2. The average molecular weight is 293 g/mol. The lowest BCUT2D eigenvalue weighted by molar-refractivity contribution is 0.0585. The highest BCUT2D eigenvalue weighted by atomic mass is 16.5. The van der Waals surface area contributed by atoms with E-state index in [9.17, 15) is 5.11 Å². The van der Waals surface area contributed by atoms with Gasteiger partial charge in [-0.25, -0.2) is 0 Å². The van der Waals surface area contributed by atoms with Crippen molar-refractivity contribution >= 4 is 0 Å². The number of aliphatic hydroxyl groups is 1. The molecule has 4 nitrogen and oxygen atoms in total. The second-order valence-corrected chi connectivity index (χ2v) is 6.16. The molecular weight excluding hydrogens is 266 g/mol. The number of aliphatic hydroxyl groups excluding tert-OH is 1. The Morgan fingerprint density at radius 1 is 1.29 bits per heavy atom. The zero-order chi connectivity index (χ0) is 15.2. The number of hydrogen-bond acceptors (Lipinski definition) is 4. The van der Waals surface area contributed by atoms with Crippen molar-refractivity contribution in [1.29, 1.82) is 0 Å². The minimum atomic E-state index is -0.363. The third-order valence-electron chi connectivity index (χ3n) is 3.81. The van der Waals surface area contributed by atoms with Gasteiger partial charge in [-0.3, -0.25) is 0 Å². The van der Waals surface area contributed by atoms with Crippen molar-refractivity contribution in [2.45, 2.75) is 51.9 Å². The maximum Gasteiger partial charge on any atom is 0.162 e. The van der Waals surface area contributed by atoms with Crippen LogP contribution >= 0.6 is 0 Å². The van der Waals surface area contributed by atoms with Crippen LogP contribution in [-0.2, 0) is 6.54 Å². The minimum Gasteiger partial charge on any atom is -0.493 e. The highest BCUT2D eigenvalue weighted by Crippen LogP contribution is 2.32. The van der Waals surface area contributed by atoms with Crippen LogP contribution in [0.25, 0.3) is 0 Å². The predicted molar refractivity (Wildman–Crippen MR) is 83.8 cm³/mol. The van der Waals surface area contributed by atoms with E-state index < -0.39 is 0 Å². The van der Waals surface area contributed by atoms with E-state index >= 15 is 0 Å². The molecule has 2 atom stereocenters. The van der Waals surface area contributed by atoms with Crippen LogP contribution < -0.4 is 14.8 Å². The van der Waals surface area contributed by atoms with Crippen molar-refractivity contribution in [1.82, 2.24) is 5.32 Å². The van der Waals surface area contributed by atoms with Gasteiger partial charge in [-0.15, -0.1) is 0 Å². The summed E-state index contributed by atoms with van der Waals surface area (Å²) in [6.07, 6.45) is 2.27. The summed E-state index contributed by atoms with van der Waals surface area (Å²) >= 11 is 0. The molecule has 1 aliphatic carbocycles. The highest BCUT2D eigenvalue weighted by Gasteiger charge is 2.27. The van der Waals surface area contributed by atoms with Crippen LogP contribution in [0.3, 0.4) is 0 Å². The van der Waals surface area contributed by atoms with Gasteiger partial charge < -0.3 is 19.9 Å². The minimum absolute atomic E-state index is 0.113. The molecule has 118 valence electrons. The van der Waals surface area contributed by atoms with E-state index in [1.54, 1.807) is 7.11 Å². The van der Waals surface area contributed by atoms with Crippen LogP contribution in [0.2, 0.25) is 0 Å². The lowest BCUT2D eigenvalue weighted by atomic mass is 10.1. The van der Waals surface area contributed by atoms with E-state index in [1.807, 2.05) is 18.2 Å². The maximum absolute atomic E-state index is 9.91. The zero-order valence-corrected chi connectivity index (χ0v) is 13.3. The van der Waals surface area contributed by atoms with Gasteiger partial charge in [0.25, 0.3) is 0 Å². The normalized spacial score (nSPS) is 21.8. The van der Waals surface area contributed by atoms with Crippen molar-refractivity contribution in [3.8, 4) is 11.5 Å². The van der Waals surface area contributed by atoms with Gasteiger partial charge in [-0.1, -0.05) is 19.9 Å². The molecule has 0 bridgehead atoms. The Labute approximate surface area is 127 Å². The number of nitrogens with one attached hydrogen (secondary N) is 1. The lowest BCUT2D eigenvalue weighted by Crippen LogP contribution is -2.26. The average Bonchev–Trinajstić information content (AvgIpc) is 2.84. The van der Waals surface area contributed by atoms with E-state index in [0.717, 1.165) is 43.9 Å². The molecule has 0 spiro atoms. The summed E-state index contributed by atoms with van der Waals surface area (Å²) < 4.78 is 11.3. The fourth-order valence-electron chi connectivity index (χ4n) is 2.64. The molecular formula is C17H27NO3. The number of benzene rings is 1. The largest absolute Gasteiger partial charge is 0.493 e. The number of ether oxygens (including phenoxy) is 2. The van der Waals surface area contributed by atoms with Gasteiger partial charge in [-0.2, -0.15) is 0 Å². The van der Waals surface area contributed by atoms with Crippen LogP contribution in [0.4, 0.5) is 0 Å². The molecule has 2 N–H and O–H groups in total. The SMILES string of the molecule is COc1ccc(CNCC(C)C)cc1OC1CCCC1O. The molecule has 0 heterocycles. The molecule has 1 aromatic carbocycles. The maximum atomic E-state index is 9.91. The van der Waals surface area contributed by atoms with Gasteiger partial charge in [0.15, 0.2) is 11.5 Å². The summed E-state index contributed by atoms with van der Waals surface area (Å²) in [6.45, 7) is 6.18. The van der Waals surface area contributed by atoms with Crippen molar-refractivity contribution in [3.05, 3.63) is 23.8 Å². The van der Waals surface area contributed by atoms with Crippen LogP contribution in [0.5, 0.6) is 11.5 Å². The zero-order valence-electron chi connectivity index (χ0n) is 13.3. The molecule has 2 rings (SSSR count). The van der Waals surface area contributed by atoms with Crippen molar-refractivity contribution < 1.29 is 14.6 Å². The molecule has 1 saturated carbocycles. The molecule has 4 heteroatoms. The molecule has 0 radical (unpaired) electrons. The molecule has 1 fully saturated rings. The molecule has 1 aromatic rings. The van der Waals surface area contributed by atoms with Crippen LogP contribution in [0.1, 0.15) is 38.7 Å². The summed E-state index contributed by atoms with van der Waals surface area (Å²) in [5, 5.41) is 13.3. The van der Waals surface area contributed by atoms with Gasteiger partial charge >= 0.3 is 0 Å². The van der Waals surface area contributed by atoms with Gasteiger partial charge in [0, 0.05) is 6.54 Å². The molecule has 0 aliphatic heterocycles. The number of methoxy groups -OCH3 is 1. The molecule has 0 aromatic heterocycles. The van der Waals surface area contributed by atoms with Crippen LogP contribution in [-0.4, -0.2) is 31.0 Å². The van der Waals surface area contributed by atoms with Crippen LogP contribution in [0.15, 0.2) is 18.2 Å². The van der Waals surface area contributed by atoms with E-state index in [1.165, 1.54) is 5.56 Å². The first kappa shape index (κ1) is 16.1. The first-order valence-electron chi connectivity index (χ1n) is 7.82. The summed E-state index contributed by atoms with van der Waals surface area (Å²) in [5.74, 6) is 2.08.